The third-order valence-corrected chi connectivity index (χ3v) is 4.37. The van der Waals surface area contributed by atoms with E-state index in [9.17, 15) is 0 Å². The lowest BCUT2D eigenvalue weighted by atomic mass is 10.1. The fourth-order valence-electron chi connectivity index (χ4n) is 2.38. The number of nitrogens with two attached hydrogens (primary N) is 1. The highest BCUT2D eigenvalue weighted by atomic mass is 32.1. The van der Waals surface area contributed by atoms with Crippen molar-refractivity contribution in [2.24, 2.45) is 0 Å². The van der Waals surface area contributed by atoms with Gasteiger partial charge in [-0.3, -0.25) is 0 Å². The zero-order chi connectivity index (χ0) is 16.1. The molecule has 1 aromatic carbocycles. The van der Waals surface area contributed by atoms with Gasteiger partial charge in [0, 0.05) is 23.0 Å². The lowest BCUT2D eigenvalue weighted by molar-refractivity contribution is 0.416. The highest BCUT2D eigenvalue weighted by molar-refractivity contribution is 7.15. The van der Waals surface area contributed by atoms with Crippen LogP contribution in [0.1, 0.15) is 17.0 Å². The van der Waals surface area contributed by atoms with Gasteiger partial charge < -0.3 is 10.5 Å². The summed E-state index contributed by atoms with van der Waals surface area (Å²) in [4.78, 5) is 14.3. The van der Waals surface area contributed by atoms with Crippen molar-refractivity contribution in [1.82, 2.24) is 15.0 Å². The molecule has 118 valence electrons. The van der Waals surface area contributed by atoms with Crippen LogP contribution in [-0.4, -0.2) is 22.1 Å². The van der Waals surface area contributed by atoms with Crippen LogP contribution in [0.15, 0.2) is 42.7 Å². The van der Waals surface area contributed by atoms with Crippen molar-refractivity contribution in [1.29, 1.82) is 0 Å². The van der Waals surface area contributed by atoms with Crippen LogP contribution in [0.5, 0.6) is 5.75 Å². The topological polar surface area (TPSA) is 73.9 Å². The number of nitrogens with zero attached hydrogens (tertiary/aromatic N) is 3. The van der Waals surface area contributed by atoms with Crippen LogP contribution in [0.2, 0.25) is 0 Å². The maximum atomic E-state index is 5.65. The van der Waals surface area contributed by atoms with Crippen molar-refractivity contribution in [2.75, 3.05) is 12.8 Å². The largest absolute Gasteiger partial charge is 0.496 e. The van der Waals surface area contributed by atoms with E-state index in [-0.39, 0.29) is 0 Å². The molecule has 2 N–H and O–H groups in total. The van der Waals surface area contributed by atoms with E-state index in [1.54, 1.807) is 24.6 Å². The molecule has 0 saturated carbocycles. The van der Waals surface area contributed by atoms with Gasteiger partial charge in [-0.15, -0.1) is 11.3 Å². The minimum atomic E-state index is 0.625. The molecule has 5 nitrogen and oxygen atoms in total. The monoisotopic (exact) mass is 326 g/mol. The van der Waals surface area contributed by atoms with Gasteiger partial charge in [0.25, 0.3) is 0 Å². The summed E-state index contributed by atoms with van der Waals surface area (Å²) in [7, 11) is 1.66. The molecule has 3 aromatic rings. The van der Waals surface area contributed by atoms with Crippen molar-refractivity contribution in [2.45, 2.75) is 19.3 Å². The van der Waals surface area contributed by atoms with E-state index in [1.807, 2.05) is 36.5 Å². The first-order chi connectivity index (χ1) is 11.3. The summed E-state index contributed by atoms with van der Waals surface area (Å²) in [5.41, 5.74) is 7.58. The normalized spacial score (nSPS) is 10.7. The number of para-hydroxylation sites is 1. The van der Waals surface area contributed by atoms with E-state index in [2.05, 4.69) is 15.0 Å². The van der Waals surface area contributed by atoms with E-state index in [4.69, 9.17) is 10.5 Å². The smallest absolute Gasteiger partial charge is 0.180 e. The molecule has 0 unspecified atom stereocenters. The second kappa shape index (κ2) is 7.19. The number of benzene rings is 1. The fourth-order valence-corrected chi connectivity index (χ4v) is 3.10. The van der Waals surface area contributed by atoms with E-state index < -0.39 is 0 Å². The van der Waals surface area contributed by atoms with Gasteiger partial charge in [0.2, 0.25) is 0 Å². The molecule has 3 rings (SSSR count). The SMILES string of the molecule is COc1ccccc1-c1nccc(CCCc2cnc(N)s2)n1. The van der Waals surface area contributed by atoms with Crippen molar-refractivity contribution >= 4 is 16.5 Å². The first kappa shape index (κ1) is 15.4. The average Bonchev–Trinajstić information content (AvgIpc) is 3.00. The zero-order valence-electron chi connectivity index (χ0n) is 12.9. The molecule has 0 aliphatic rings. The van der Waals surface area contributed by atoms with Gasteiger partial charge in [-0.2, -0.15) is 0 Å². The molecule has 0 aliphatic carbocycles. The van der Waals surface area contributed by atoms with Gasteiger partial charge in [-0.25, -0.2) is 15.0 Å². The number of aryl methyl sites for hydroxylation is 2. The van der Waals surface area contributed by atoms with Crippen molar-refractivity contribution in [3.63, 3.8) is 0 Å². The Bertz CT molecular complexity index is 788. The Morgan fingerprint density at radius 3 is 2.78 bits per heavy atom. The molecule has 2 aromatic heterocycles. The Balaban J connectivity index is 1.70. The molecule has 23 heavy (non-hydrogen) atoms. The molecule has 2 heterocycles. The lowest BCUT2D eigenvalue weighted by Gasteiger charge is -2.08. The Morgan fingerprint density at radius 1 is 1.13 bits per heavy atom. The summed E-state index contributed by atoms with van der Waals surface area (Å²) in [5.74, 6) is 1.48. The highest BCUT2D eigenvalue weighted by Crippen LogP contribution is 2.26. The summed E-state index contributed by atoms with van der Waals surface area (Å²) in [5, 5.41) is 0.625. The van der Waals surface area contributed by atoms with Crippen LogP contribution in [0.3, 0.4) is 0 Å². The predicted molar refractivity (Wildman–Crippen MR) is 92.6 cm³/mol. The Labute approximate surface area is 139 Å². The number of hydrogen-bond donors (Lipinski definition) is 1. The van der Waals surface area contributed by atoms with Gasteiger partial charge in [0.15, 0.2) is 11.0 Å². The van der Waals surface area contributed by atoms with Gasteiger partial charge >= 0.3 is 0 Å². The van der Waals surface area contributed by atoms with Crippen LogP contribution in [0.25, 0.3) is 11.4 Å². The van der Waals surface area contributed by atoms with Crippen LogP contribution >= 0.6 is 11.3 Å². The summed E-state index contributed by atoms with van der Waals surface area (Å²) in [6.45, 7) is 0. The first-order valence-electron chi connectivity index (χ1n) is 7.42. The molecule has 0 spiro atoms. The second-order valence-corrected chi connectivity index (χ2v) is 6.24. The van der Waals surface area contributed by atoms with Crippen molar-refractivity contribution < 1.29 is 4.74 Å². The number of aromatic nitrogens is 3. The van der Waals surface area contributed by atoms with E-state index in [0.717, 1.165) is 36.3 Å². The molecule has 0 fully saturated rings. The third-order valence-electron chi connectivity index (χ3n) is 3.49. The lowest BCUT2D eigenvalue weighted by Crippen LogP contribution is -1.97. The number of methoxy groups -OCH3 is 1. The van der Waals surface area contributed by atoms with Crippen molar-refractivity contribution in [3.05, 3.63) is 53.3 Å². The number of ether oxygens (including phenoxy) is 1. The molecule has 6 heteroatoms. The van der Waals surface area contributed by atoms with Gasteiger partial charge in [-0.1, -0.05) is 12.1 Å². The molecule has 0 amide bonds. The van der Waals surface area contributed by atoms with E-state index in [1.165, 1.54) is 4.88 Å². The summed E-state index contributed by atoms with van der Waals surface area (Å²) < 4.78 is 5.38. The zero-order valence-corrected chi connectivity index (χ0v) is 13.7. The maximum absolute atomic E-state index is 5.65. The minimum Gasteiger partial charge on any atom is -0.496 e. The minimum absolute atomic E-state index is 0.625. The first-order valence-corrected chi connectivity index (χ1v) is 8.23. The number of hydrogen-bond acceptors (Lipinski definition) is 6. The summed E-state index contributed by atoms with van der Waals surface area (Å²) in [6.07, 6.45) is 6.50. The van der Waals surface area contributed by atoms with E-state index in [0.29, 0.717) is 11.0 Å². The fraction of sp³-hybridized carbons (Fsp3) is 0.235. The molecule has 0 saturated heterocycles. The standard InChI is InChI=1S/C17H18N4OS/c1-22-15-8-3-2-7-14(15)16-19-10-9-12(21-16)5-4-6-13-11-20-17(18)23-13/h2-3,7-11H,4-6H2,1H3,(H2,18,20). The Morgan fingerprint density at radius 2 is 2.00 bits per heavy atom. The van der Waals surface area contributed by atoms with Crippen LogP contribution in [0.4, 0.5) is 5.13 Å². The average molecular weight is 326 g/mol. The Kier molecular flexibility index (Phi) is 4.83. The molecule has 0 aliphatic heterocycles. The van der Waals surface area contributed by atoms with Crippen LogP contribution in [-0.2, 0) is 12.8 Å². The number of rotatable bonds is 6. The predicted octanol–water partition coefficient (Wildman–Crippen LogP) is 3.37. The van der Waals surface area contributed by atoms with Gasteiger partial charge in [0.05, 0.1) is 12.7 Å². The summed E-state index contributed by atoms with van der Waals surface area (Å²) in [6, 6.07) is 9.74. The van der Waals surface area contributed by atoms with Crippen LogP contribution in [0, 0.1) is 0 Å². The van der Waals surface area contributed by atoms with Gasteiger partial charge in [0.1, 0.15) is 5.75 Å². The highest BCUT2D eigenvalue weighted by Gasteiger charge is 2.08. The molecular formula is C17H18N4OS. The molecule has 0 bridgehead atoms. The third kappa shape index (κ3) is 3.84. The molecule has 0 atom stereocenters. The second-order valence-electron chi connectivity index (χ2n) is 5.09. The van der Waals surface area contributed by atoms with Gasteiger partial charge in [-0.05, 0) is 37.5 Å². The number of anilines is 1. The molecule has 0 radical (unpaired) electrons. The van der Waals surface area contributed by atoms with E-state index >= 15 is 0 Å². The van der Waals surface area contributed by atoms with Crippen molar-refractivity contribution in [3.8, 4) is 17.1 Å². The summed E-state index contributed by atoms with van der Waals surface area (Å²) >= 11 is 1.55. The number of thiazole rings is 1. The number of nitrogen functional groups attached to an aromatic ring is 1. The maximum Gasteiger partial charge on any atom is 0.180 e. The quantitative estimate of drug-likeness (QED) is 0.752. The van der Waals surface area contributed by atoms with Crippen LogP contribution < -0.4 is 10.5 Å². The molecular weight excluding hydrogens is 308 g/mol. The Hall–Kier alpha value is -2.47.